The molecule has 1 atom stereocenters. The number of carboxylic acid groups (broad SMARTS) is 1. The van der Waals surface area contributed by atoms with E-state index in [4.69, 9.17) is 16.3 Å². The van der Waals surface area contributed by atoms with Gasteiger partial charge < -0.3 is 9.84 Å². The van der Waals surface area contributed by atoms with Gasteiger partial charge in [-0.3, -0.25) is 4.90 Å². The molecule has 0 fully saturated rings. The molecule has 0 bridgehead atoms. The van der Waals surface area contributed by atoms with E-state index < -0.39 is 23.7 Å². The summed E-state index contributed by atoms with van der Waals surface area (Å²) in [6.45, 7) is 5.31. The third kappa shape index (κ3) is 5.93. The molecule has 5 nitrogen and oxygen atoms in total. The molecular formula is C16H22ClNO4. The zero-order valence-corrected chi connectivity index (χ0v) is 13.8. The first-order chi connectivity index (χ1) is 10.2. The third-order valence-corrected chi connectivity index (χ3v) is 3.06. The van der Waals surface area contributed by atoms with Gasteiger partial charge in [0.2, 0.25) is 0 Å². The Morgan fingerprint density at radius 1 is 1.27 bits per heavy atom. The number of amides is 1. The number of benzene rings is 1. The fourth-order valence-electron chi connectivity index (χ4n) is 1.95. The smallest absolute Gasteiger partial charge is 0.411 e. The van der Waals surface area contributed by atoms with Crippen LogP contribution in [0.1, 0.15) is 26.3 Å². The number of carbonyl (C=O) groups is 2. The molecule has 0 saturated carbocycles. The topological polar surface area (TPSA) is 66.8 Å². The highest BCUT2D eigenvalue weighted by atomic mass is 35.5. The lowest BCUT2D eigenvalue weighted by molar-refractivity contribution is -0.143. The van der Waals surface area contributed by atoms with E-state index in [1.165, 1.54) is 4.90 Å². The zero-order valence-electron chi connectivity index (χ0n) is 13.1. The van der Waals surface area contributed by atoms with Crippen molar-refractivity contribution >= 4 is 23.7 Å². The van der Waals surface area contributed by atoms with Crippen molar-refractivity contribution in [3.05, 3.63) is 35.9 Å². The van der Waals surface area contributed by atoms with Crippen LogP contribution in [0, 0.1) is 0 Å². The van der Waals surface area contributed by atoms with Gasteiger partial charge in [0.15, 0.2) is 0 Å². The van der Waals surface area contributed by atoms with Crippen LogP contribution in [-0.4, -0.2) is 46.1 Å². The third-order valence-electron chi connectivity index (χ3n) is 2.89. The Morgan fingerprint density at radius 2 is 1.86 bits per heavy atom. The summed E-state index contributed by atoms with van der Waals surface area (Å²) >= 11 is 5.72. The van der Waals surface area contributed by atoms with Crippen LogP contribution in [0.3, 0.4) is 0 Å². The van der Waals surface area contributed by atoms with Gasteiger partial charge in [0.1, 0.15) is 11.6 Å². The van der Waals surface area contributed by atoms with Gasteiger partial charge in [-0.05, 0) is 26.3 Å². The summed E-state index contributed by atoms with van der Waals surface area (Å²) in [5.74, 6) is -0.947. The minimum absolute atomic E-state index is 0.111. The number of hydrogen-bond donors (Lipinski definition) is 1. The molecular weight excluding hydrogens is 306 g/mol. The van der Waals surface area contributed by atoms with Crippen LogP contribution in [0.4, 0.5) is 4.79 Å². The van der Waals surface area contributed by atoms with Gasteiger partial charge in [0.25, 0.3) is 0 Å². The molecule has 0 unspecified atom stereocenters. The monoisotopic (exact) mass is 327 g/mol. The summed E-state index contributed by atoms with van der Waals surface area (Å²) in [5, 5.41) is 9.49. The van der Waals surface area contributed by atoms with Crippen LogP contribution in [-0.2, 0) is 16.0 Å². The molecule has 0 spiro atoms. The SMILES string of the molecule is CC(C)(C)OC(=O)N(CCCl)[C@@H](Cc1ccccc1)C(=O)O. The van der Waals surface area contributed by atoms with Crippen molar-refractivity contribution < 1.29 is 19.4 Å². The molecule has 0 heterocycles. The largest absolute Gasteiger partial charge is 0.480 e. The van der Waals surface area contributed by atoms with Gasteiger partial charge in [0.05, 0.1) is 0 Å². The molecule has 1 aromatic carbocycles. The number of aliphatic carboxylic acids is 1. The summed E-state index contributed by atoms with van der Waals surface area (Å²) < 4.78 is 5.29. The van der Waals surface area contributed by atoms with Crippen LogP contribution < -0.4 is 0 Å². The van der Waals surface area contributed by atoms with Crippen LogP contribution in [0.15, 0.2) is 30.3 Å². The van der Waals surface area contributed by atoms with Gasteiger partial charge >= 0.3 is 12.1 Å². The minimum Gasteiger partial charge on any atom is -0.480 e. The predicted molar refractivity (Wildman–Crippen MR) is 85.2 cm³/mol. The Balaban J connectivity index is 2.96. The van der Waals surface area contributed by atoms with Crippen LogP contribution in [0.25, 0.3) is 0 Å². The lowest BCUT2D eigenvalue weighted by Gasteiger charge is -2.31. The van der Waals surface area contributed by atoms with Gasteiger partial charge in [-0.25, -0.2) is 9.59 Å². The molecule has 0 aromatic heterocycles. The number of rotatable bonds is 6. The second-order valence-corrected chi connectivity index (χ2v) is 6.28. The van der Waals surface area contributed by atoms with Crippen LogP contribution in [0.5, 0.6) is 0 Å². The van der Waals surface area contributed by atoms with E-state index >= 15 is 0 Å². The Hall–Kier alpha value is -1.75. The minimum atomic E-state index is -1.08. The van der Waals surface area contributed by atoms with Crippen molar-refractivity contribution in [1.29, 1.82) is 0 Å². The van der Waals surface area contributed by atoms with Crippen LogP contribution >= 0.6 is 11.6 Å². The fourth-order valence-corrected chi connectivity index (χ4v) is 2.14. The quantitative estimate of drug-likeness (QED) is 0.815. The van der Waals surface area contributed by atoms with Crippen molar-refractivity contribution in [2.75, 3.05) is 12.4 Å². The number of carbonyl (C=O) groups excluding carboxylic acids is 1. The van der Waals surface area contributed by atoms with E-state index in [1.807, 2.05) is 30.3 Å². The molecule has 6 heteroatoms. The first-order valence-corrected chi connectivity index (χ1v) is 7.60. The van der Waals surface area contributed by atoms with E-state index in [9.17, 15) is 14.7 Å². The number of carboxylic acids is 1. The first-order valence-electron chi connectivity index (χ1n) is 7.07. The normalized spacial score (nSPS) is 12.5. The molecule has 1 rings (SSSR count). The van der Waals surface area contributed by atoms with Crippen molar-refractivity contribution in [2.24, 2.45) is 0 Å². The molecule has 0 aliphatic carbocycles. The molecule has 1 amide bonds. The number of alkyl halides is 1. The van der Waals surface area contributed by atoms with E-state index in [1.54, 1.807) is 20.8 Å². The van der Waals surface area contributed by atoms with Crippen molar-refractivity contribution in [3.8, 4) is 0 Å². The van der Waals surface area contributed by atoms with Gasteiger partial charge in [0, 0.05) is 18.8 Å². The summed E-state index contributed by atoms with van der Waals surface area (Å²) in [6.07, 6.45) is -0.469. The summed E-state index contributed by atoms with van der Waals surface area (Å²) in [4.78, 5) is 25.0. The van der Waals surface area contributed by atoms with Gasteiger partial charge in [-0.2, -0.15) is 0 Å². The molecule has 0 radical (unpaired) electrons. The standard InChI is InChI=1S/C16H22ClNO4/c1-16(2,3)22-15(21)18(10-9-17)13(14(19)20)11-12-7-5-4-6-8-12/h4-8,13H,9-11H2,1-3H3,(H,19,20)/t13-/m0/s1. The number of hydrogen-bond acceptors (Lipinski definition) is 3. The maximum atomic E-state index is 12.3. The van der Waals surface area contributed by atoms with Crippen molar-refractivity contribution in [3.63, 3.8) is 0 Å². The van der Waals surface area contributed by atoms with Crippen molar-refractivity contribution in [2.45, 2.75) is 38.8 Å². The summed E-state index contributed by atoms with van der Waals surface area (Å²) in [6, 6.07) is 8.13. The highest BCUT2D eigenvalue weighted by Gasteiger charge is 2.32. The molecule has 122 valence electrons. The Kier molecular flexibility index (Phi) is 6.68. The average molecular weight is 328 g/mol. The van der Waals surface area contributed by atoms with Gasteiger partial charge in [-0.1, -0.05) is 30.3 Å². The molecule has 0 saturated heterocycles. The van der Waals surface area contributed by atoms with Gasteiger partial charge in [-0.15, -0.1) is 11.6 Å². The Morgan fingerprint density at radius 3 is 2.32 bits per heavy atom. The average Bonchev–Trinajstić information content (AvgIpc) is 2.41. The second-order valence-electron chi connectivity index (χ2n) is 5.91. The van der Waals surface area contributed by atoms with E-state index in [0.29, 0.717) is 0 Å². The second kappa shape index (κ2) is 8.03. The number of ether oxygens (including phenoxy) is 1. The van der Waals surface area contributed by atoms with E-state index in [0.717, 1.165) is 5.56 Å². The summed E-state index contributed by atoms with van der Waals surface area (Å²) in [5.41, 5.74) is 0.135. The lowest BCUT2D eigenvalue weighted by atomic mass is 10.0. The predicted octanol–water partition coefficient (Wildman–Crippen LogP) is 3.16. The number of halogens is 1. The molecule has 1 aromatic rings. The Bertz CT molecular complexity index is 499. The number of nitrogens with zero attached hydrogens (tertiary/aromatic N) is 1. The molecule has 0 aliphatic heterocycles. The molecule has 1 N–H and O–H groups in total. The first kappa shape index (κ1) is 18.3. The van der Waals surface area contributed by atoms with E-state index in [2.05, 4.69) is 0 Å². The highest BCUT2D eigenvalue weighted by Crippen LogP contribution is 2.15. The van der Waals surface area contributed by atoms with Crippen LogP contribution in [0.2, 0.25) is 0 Å². The Labute approximate surface area is 135 Å². The zero-order chi connectivity index (χ0) is 16.8. The molecule has 0 aliphatic rings. The lowest BCUT2D eigenvalue weighted by Crippen LogP contribution is -2.49. The highest BCUT2D eigenvalue weighted by molar-refractivity contribution is 6.18. The fraction of sp³-hybridized carbons (Fsp3) is 0.500. The van der Waals surface area contributed by atoms with E-state index in [-0.39, 0.29) is 18.8 Å². The summed E-state index contributed by atoms with van der Waals surface area (Å²) in [7, 11) is 0. The molecule has 22 heavy (non-hydrogen) atoms. The maximum Gasteiger partial charge on any atom is 0.411 e. The van der Waals surface area contributed by atoms with Crippen molar-refractivity contribution in [1.82, 2.24) is 4.90 Å². The maximum absolute atomic E-state index is 12.3.